The predicted octanol–water partition coefficient (Wildman–Crippen LogP) is 7.68. The molecule has 0 aliphatic heterocycles. The summed E-state index contributed by atoms with van der Waals surface area (Å²) < 4.78 is 11.6. The Morgan fingerprint density at radius 1 is 1.07 bits per heavy atom. The summed E-state index contributed by atoms with van der Waals surface area (Å²) >= 11 is 0. The van der Waals surface area contributed by atoms with Crippen LogP contribution in [0.2, 0.25) is 0 Å². The van der Waals surface area contributed by atoms with Crippen LogP contribution in [0.1, 0.15) is 72.3 Å². The van der Waals surface area contributed by atoms with Crippen LogP contribution < -0.4 is 4.74 Å². The number of ether oxygens (including phenoxy) is 2. The monoisotopic (exact) mass is 372 g/mol. The molecule has 0 spiro atoms. The van der Waals surface area contributed by atoms with Crippen LogP contribution in [0.5, 0.6) is 5.75 Å². The van der Waals surface area contributed by atoms with E-state index in [1.807, 2.05) is 45.1 Å². The Hall–Kier alpha value is -1.80. The van der Waals surface area contributed by atoms with Crippen molar-refractivity contribution < 1.29 is 9.47 Å². The fourth-order valence-electron chi connectivity index (χ4n) is 2.90. The molecule has 2 atom stereocenters. The lowest BCUT2D eigenvalue weighted by atomic mass is 9.88. The van der Waals surface area contributed by atoms with Gasteiger partial charge >= 0.3 is 0 Å². The van der Waals surface area contributed by atoms with E-state index in [9.17, 15) is 0 Å². The molecule has 0 bridgehead atoms. The third-order valence-electron chi connectivity index (χ3n) is 4.24. The maximum atomic E-state index is 5.85. The summed E-state index contributed by atoms with van der Waals surface area (Å²) in [7, 11) is 0. The van der Waals surface area contributed by atoms with Crippen molar-refractivity contribution in [1.82, 2.24) is 0 Å². The maximum absolute atomic E-state index is 5.85. The Morgan fingerprint density at radius 2 is 1.70 bits per heavy atom. The lowest BCUT2D eigenvalue weighted by Gasteiger charge is -2.19. The van der Waals surface area contributed by atoms with E-state index in [4.69, 9.17) is 9.47 Å². The normalized spacial score (nSPS) is 13.4. The molecule has 1 aromatic carbocycles. The molecule has 0 aliphatic carbocycles. The van der Waals surface area contributed by atoms with Crippen molar-refractivity contribution in [2.24, 2.45) is 5.92 Å². The average molecular weight is 373 g/mol. The molecule has 2 heteroatoms. The largest absolute Gasteiger partial charge is 0.465 e. The Morgan fingerprint density at radius 3 is 2.19 bits per heavy atom. The minimum atomic E-state index is -0.279. The summed E-state index contributed by atoms with van der Waals surface area (Å²) in [5.74, 6) is 2.18. The summed E-state index contributed by atoms with van der Waals surface area (Å²) in [5.41, 5.74) is 2.50. The SMILES string of the molecule is C=C/C=C(\C=C)CCOC(C)Oc1ccc(C(CC)CC(C)C)cc1.CC. The van der Waals surface area contributed by atoms with Crippen LogP contribution in [0, 0.1) is 5.92 Å². The fourth-order valence-corrected chi connectivity index (χ4v) is 2.90. The molecule has 0 heterocycles. The Bertz CT molecular complexity index is 540. The van der Waals surface area contributed by atoms with Gasteiger partial charge in [-0.3, -0.25) is 0 Å². The van der Waals surface area contributed by atoms with E-state index >= 15 is 0 Å². The van der Waals surface area contributed by atoms with Gasteiger partial charge in [0.25, 0.3) is 0 Å². The van der Waals surface area contributed by atoms with Crippen molar-refractivity contribution in [1.29, 1.82) is 0 Å². The summed E-state index contributed by atoms with van der Waals surface area (Å²) in [6.45, 7) is 20.8. The van der Waals surface area contributed by atoms with Gasteiger partial charge in [0.2, 0.25) is 0 Å². The van der Waals surface area contributed by atoms with Crippen LogP contribution in [0.25, 0.3) is 0 Å². The molecule has 1 rings (SSSR count). The van der Waals surface area contributed by atoms with Gasteiger partial charge in [0.1, 0.15) is 5.75 Å². The number of benzene rings is 1. The van der Waals surface area contributed by atoms with Gasteiger partial charge in [-0.1, -0.05) is 78.1 Å². The second-order valence-electron chi connectivity index (χ2n) is 6.79. The van der Waals surface area contributed by atoms with Crippen LogP contribution in [-0.2, 0) is 4.74 Å². The Labute approximate surface area is 168 Å². The van der Waals surface area contributed by atoms with Crippen LogP contribution >= 0.6 is 0 Å². The molecule has 0 N–H and O–H groups in total. The zero-order chi connectivity index (χ0) is 20.7. The van der Waals surface area contributed by atoms with Gasteiger partial charge in [-0.05, 0) is 61.3 Å². The van der Waals surface area contributed by atoms with E-state index < -0.39 is 0 Å². The molecule has 0 aliphatic rings. The van der Waals surface area contributed by atoms with Gasteiger partial charge in [-0.25, -0.2) is 0 Å². The number of hydrogen-bond donors (Lipinski definition) is 0. The van der Waals surface area contributed by atoms with Crippen molar-refractivity contribution in [2.45, 2.75) is 73.0 Å². The topological polar surface area (TPSA) is 18.5 Å². The first-order valence-electron chi connectivity index (χ1n) is 10.3. The van der Waals surface area contributed by atoms with Crippen molar-refractivity contribution in [3.8, 4) is 5.75 Å². The highest BCUT2D eigenvalue weighted by molar-refractivity contribution is 5.29. The van der Waals surface area contributed by atoms with Gasteiger partial charge in [0.05, 0.1) is 6.61 Å². The second kappa shape index (κ2) is 15.3. The highest BCUT2D eigenvalue weighted by Crippen LogP contribution is 2.28. The van der Waals surface area contributed by atoms with E-state index in [2.05, 4.69) is 46.1 Å². The molecule has 152 valence electrons. The molecular formula is C25H40O2. The zero-order valence-electron chi connectivity index (χ0n) is 18.3. The molecule has 1 aromatic rings. The molecule has 0 fully saturated rings. The van der Waals surface area contributed by atoms with Crippen molar-refractivity contribution >= 4 is 0 Å². The summed E-state index contributed by atoms with van der Waals surface area (Å²) in [5, 5.41) is 0. The van der Waals surface area contributed by atoms with Crippen molar-refractivity contribution in [3.63, 3.8) is 0 Å². The van der Waals surface area contributed by atoms with E-state index in [0.717, 1.165) is 17.7 Å². The third-order valence-corrected chi connectivity index (χ3v) is 4.24. The minimum absolute atomic E-state index is 0.279. The third kappa shape index (κ3) is 10.8. The van der Waals surface area contributed by atoms with Gasteiger partial charge in [0.15, 0.2) is 6.29 Å². The predicted molar refractivity (Wildman–Crippen MR) is 119 cm³/mol. The first-order valence-corrected chi connectivity index (χ1v) is 10.3. The summed E-state index contributed by atoms with van der Waals surface area (Å²) in [6, 6.07) is 8.46. The molecule has 27 heavy (non-hydrogen) atoms. The molecule has 2 unspecified atom stereocenters. The Balaban J connectivity index is 0.00000326. The van der Waals surface area contributed by atoms with E-state index in [0.29, 0.717) is 18.4 Å². The smallest absolute Gasteiger partial charge is 0.196 e. The lowest BCUT2D eigenvalue weighted by molar-refractivity contribution is -0.0652. The minimum Gasteiger partial charge on any atom is -0.465 e. The fraction of sp³-hybridized carbons (Fsp3) is 0.520. The number of hydrogen-bond acceptors (Lipinski definition) is 2. The van der Waals surface area contributed by atoms with Crippen molar-refractivity contribution in [3.05, 3.63) is 66.8 Å². The second-order valence-corrected chi connectivity index (χ2v) is 6.79. The number of rotatable bonds is 12. The first kappa shape index (κ1) is 25.2. The lowest BCUT2D eigenvalue weighted by Crippen LogP contribution is -2.17. The zero-order valence-corrected chi connectivity index (χ0v) is 18.3. The van der Waals surface area contributed by atoms with Gasteiger partial charge < -0.3 is 9.47 Å². The molecule has 0 saturated carbocycles. The van der Waals surface area contributed by atoms with E-state index in [-0.39, 0.29) is 6.29 Å². The summed E-state index contributed by atoms with van der Waals surface area (Å²) in [4.78, 5) is 0. The molecule has 0 amide bonds. The van der Waals surface area contributed by atoms with Crippen LogP contribution in [-0.4, -0.2) is 12.9 Å². The average Bonchev–Trinajstić information content (AvgIpc) is 2.67. The van der Waals surface area contributed by atoms with Gasteiger partial charge in [-0.2, -0.15) is 0 Å². The molecule has 0 aromatic heterocycles. The standard InChI is InChI=1S/C23H34O2.C2H6/c1-7-10-20(8-2)15-16-24-19(6)25-23-13-11-22(12-14-23)21(9-3)17-18(4)5;1-2/h7-8,10-14,18-19,21H,1-2,9,15-17H2,3-6H3;1-2H3/b20-10+;. The summed E-state index contributed by atoms with van der Waals surface area (Å²) in [6.07, 6.45) is 8.45. The molecular weight excluding hydrogens is 332 g/mol. The van der Waals surface area contributed by atoms with Crippen LogP contribution in [0.15, 0.2) is 61.2 Å². The van der Waals surface area contributed by atoms with Gasteiger partial charge in [-0.15, -0.1) is 0 Å². The maximum Gasteiger partial charge on any atom is 0.196 e. The Kier molecular flexibility index (Phi) is 14.3. The van der Waals surface area contributed by atoms with Crippen molar-refractivity contribution in [2.75, 3.05) is 6.61 Å². The molecule has 2 nitrogen and oxygen atoms in total. The van der Waals surface area contributed by atoms with Gasteiger partial charge in [0, 0.05) is 0 Å². The highest BCUT2D eigenvalue weighted by atomic mass is 16.7. The van der Waals surface area contributed by atoms with Crippen LogP contribution in [0.4, 0.5) is 0 Å². The van der Waals surface area contributed by atoms with E-state index in [1.165, 1.54) is 18.4 Å². The van der Waals surface area contributed by atoms with E-state index in [1.54, 1.807) is 6.08 Å². The number of allylic oxidation sites excluding steroid dienone is 3. The highest BCUT2D eigenvalue weighted by Gasteiger charge is 2.12. The molecule has 0 saturated heterocycles. The van der Waals surface area contributed by atoms with Crippen LogP contribution in [0.3, 0.4) is 0 Å². The first-order chi connectivity index (χ1) is 13.0. The quantitative estimate of drug-likeness (QED) is 0.277. The molecule has 0 radical (unpaired) electrons.